The number of Topliss-reactive ketones (excluding diaryl/α,β-unsaturated/α-hetero) is 1. The fourth-order valence-corrected chi connectivity index (χ4v) is 4.27. The summed E-state index contributed by atoms with van der Waals surface area (Å²) in [5.74, 6) is -2.62. The molecule has 1 aliphatic rings. The van der Waals surface area contributed by atoms with Crippen LogP contribution in [0.2, 0.25) is 0 Å². The molecule has 0 spiro atoms. The van der Waals surface area contributed by atoms with Crippen LogP contribution in [0.5, 0.6) is 5.75 Å². The molecule has 6 heteroatoms. The number of phenolic OH excluding ortho intramolecular Hbond substituents is 1. The van der Waals surface area contributed by atoms with Gasteiger partial charge in [0.1, 0.15) is 17.3 Å². The van der Waals surface area contributed by atoms with E-state index in [0.29, 0.717) is 11.1 Å². The van der Waals surface area contributed by atoms with Crippen LogP contribution in [0.15, 0.2) is 96.6 Å². The summed E-state index contributed by atoms with van der Waals surface area (Å²) in [4.78, 5) is 27.5. The second-order valence-corrected chi connectivity index (χ2v) is 7.77. The summed E-state index contributed by atoms with van der Waals surface area (Å²) in [6, 6.07) is 23.1. The van der Waals surface area contributed by atoms with Gasteiger partial charge in [0.2, 0.25) is 0 Å². The standard InChI is InChI=1S/C27H18FNO4/c28-18-7-4-8-19(15-18)29-24(17-11-13-20(30)14-12-17)23(26(32)27(29)33)25(31)22-10-3-6-16-5-1-2-9-21(16)22/h1-15,24,30-31H/b25-23-. The summed E-state index contributed by atoms with van der Waals surface area (Å²) < 4.78 is 14.0. The molecule has 0 aromatic heterocycles. The van der Waals surface area contributed by atoms with E-state index in [4.69, 9.17) is 0 Å². The Kier molecular flexibility index (Phi) is 4.90. The number of aromatic hydroxyl groups is 1. The van der Waals surface area contributed by atoms with Gasteiger partial charge in [-0.3, -0.25) is 14.5 Å². The Morgan fingerprint density at radius 1 is 0.848 bits per heavy atom. The number of aliphatic hydroxyl groups excluding tert-OH is 1. The minimum atomic E-state index is -1.01. The number of halogens is 1. The van der Waals surface area contributed by atoms with Crippen LogP contribution in [0.4, 0.5) is 10.1 Å². The smallest absolute Gasteiger partial charge is 0.300 e. The second kappa shape index (κ2) is 7.91. The third kappa shape index (κ3) is 3.42. The Bertz CT molecular complexity index is 1440. The van der Waals surface area contributed by atoms with E-state index < -0.39 is 23.5 Å². The van der Waals surface area contributed by atoms with Crippen molar-refractivity contribution in [1.29, 1.82) is 0 Å². The average Bonchev–Trinajstić information content (AvgIpc) is 3.09. The van der Waals surface area contributed by atoms with Gasteiger partial charge in [0.05, 0.1) is 11.6 Å². The van der Waals surface area contributed by atoms with Gasteiger partial charge in [0.15, 0.2) is 0 Å². The quantitative estimate of drug-likeness (QED) is 0.258. The van der Waals surface area contributed by atoms with Gasteiger partial charge in [-0.05, 0) is 46.7 Å². The Hall–Kier alpha value is -4.45. The SMILES string of the molecule is O=C1C(=O)N(c2cccc(F)c2)C(c2ccc(O)cc2)/C1=C(/O)c1cccc2ccccc12. The lowest BCUT2D eigenvalue weighted by Crippen LogP contribution is -2.29. The van der Waals surface area contributed by atoms with Crippen LogP contribution >= 0.6 is 0 Å². The first-order valence-corrected chi connectivity index (χ1v) is 10.3. The zero-order valence-corrected chi connectivity index (χ0v) is 17.3. The van der Waals surface area contributed by atoms with Gasteiger partial charge < -0.3 is 10.2 Å². The summed E-state index contributed by atoms with van der Waals surface area (Å²) >= 11 is 0. The highest BCUT2D eigenvalue weighted by Gasteiger charge is 2.47. The first kappa shape index (κ1) is 20.5. The van der Waals surface area contributed by atoms with E-state index in [9.17, 15) is 24.2 Å². The molecule has 1 amide bonds. The normalized spacial score (nSPS) is 17.6. The number of carbonyl (C=O) groups is 2. The van der Waals surface area contributed by atoms with E-state index in [1.807, 2.05) is 30.3 Å². The highest BCUT2D eigenvalue weighted by Crippen LogP contribution is 2.43. The molecular weight excluding hydrogens is 421 g/mol. The van der Waals surface area contributed by atoms with Gasteiger partial charge in [-0.1, -0.05) is 60.7 Å². The number of amides is 1. The molecule has 1 heterocycles. The fraction of sp³-hybridized carbons (Fsp3) is 0.0370. The van der Waals surface area contributed by atoms with Gasteiger partial charge >= 0.3 is 0 Å². The maximum Gasteiger partial charge on any atom is 0.300 e. The molecule has 4 aromatic rings. The summed E-state index contributed by atoms with van der Waals surface area (Å²) in [6.07, 6.45) is 0. The largest absolute Gasteiger partial charge is 0.508 e. The fourth-order valence-electron chi connectivity index (χ4n) is 4.27. The molecule has 33 heavy (non-hydrogen) atoms. The van der Waals surface area contributed by atoms with Crippen molar-refractivity contribution >= 4 is 33.9 Å². The van der Waals surface area contributed by atoms with Crippen molar-refractivity contribution < 1.29 is 24.2 Å². The molecule has 0 radical (unpaired) electrons. The van der Waals surface area contributed by atoms with Crippen LogP contribution < -0.4 is 4.90 Å². The molecular formula is C27H18FNO4. The Morgan fingerprint density at radius 2 is 1.55 bits per heavy atom. The predicted molar refractivity (Wildman–Crippen MR) is 123 cm³/mol. The van der Waals surface area contributed by atoms with Crippen LogP contribution in [0.25, 0.3) is 16.5 Å². The van der Waals surface area contributed by atoms with E-state index in [0.717, 1.165) is 16.8 Å². The number of phenols is 1. The Balaban J connectivity index is 1.78. The van der Waals surface area contributed by atoms with Crippen LogP contribution in [0.1, 0.15) is 17.2 Å². The molecule has 5 nitrogen and oxygen atoms in total. The number of fused-ring (bicyclic) bond motifs is 1. The number of benzene rings is 4. The topological polar surface area (TPSA) is 77.8 Å². The van der Waals surface area contributed by atoms with Crippen molar-refractivity contribution in [3.05, 3.63) is 114 Å². The molecule has 1 atom stereocenters. The zero-order chi connectivity index (χ0) is 23.1. The Morgan fingerprint density at radius 3 is 2.30 bits per heavy atom. The third-order valence-corrected chi connectivity index (χ3v) is 5.78. The van der Waals surface area contributed by atoms with Crippen molar-refractivity contribution in [2.24, 2.45) is 0 Å². The third-order valence-electron chi connectivity index (χ3n) is 5.78. The summed E-state index contributed by atoms with van der Waals surface area (Å²) in [7, 11) is 0. The molecule has 1 unspecified atom stereocenters. The molecule has 4 aromatic carbocycles. The van der Waals surface area contributed by atoms with E-state index in [1.165, 1.54) is 35.2 Å². The highest BCUT2D eigenvalue weighted by molar-refractivity contribution is 6.51. The maximum absolute atomic E-state index is 14.0. The number of ketones is 1. The van der Waals surface area contributed by atoms with Crippen LogP contribution in [-0.4, -0.2) is 21.9 Å². The van der Waals surface area contributed by atoms with Crippen molar-refractivity contribution in [3.8, 4) is 5.75 Å². The van der Waals surface area contributed by atoms with Crippen molar-refractivity contribution in [2.45, 2.75) is 6.04 Å². The van der Waals surface area contributed by atoms with Crippen molar-refractivity contribution in [3.63, 3.8) is 0 Å². The monoisotopic (exact) mass is 439 g/mol. The van der Waals surface area contributed by atoms with Gasteiger partial charge in [0.25, 0.3) is 11.7 Å². The maximum atomic E-state index is 14.0. The average molecular weight is 439 g/mol. The molecule has 0 saturated carbocycles. The molecule has 0 bridgehead atoms. The number of aliphatic hydroxyl groups is 1. The van der Waals surface area contributed by atoms with Crippen LogP contribution in [-0.2, 0) is 9.59 Å². The summed E-state index contributed by atoms with van der Waals surface area (Å²) in [5.41, 5.74) is 0.977. The number of nitrogens with zero attached hydrogens (tertiary/aromatic N) is 1. The van der Waals surface area contributed by atoms with Crippen LogP contribution in [0, 0.1) is 5.82 Å². The zero-order valence-electron chi connectivity index (χ0n) is 17.3. The lowest BCUT2D eigenvalue weighted by atomic mass is 9.93. The minimum Gasteiger partial charge on any atom is -0.508 e. The lowest BCUT2D eigenvalue weighted by molar-refractivity contribution is -0.132. The highest BCUT2D eigenvalue weighted by atomic mass is 19.1. The number of carbonyl (C=O) groups excluding carboxylic acids is 2. The molecule has 1 saturated heterocycles. The van der Waals surface area contributed by atoms with E-state index in [1.54, 1.807) is 24.3 Å². The minimum absolute atomic E-state index is 0.00973. The first-order valence-electron chi connectivity index (χ1n) is 10.3. The van der Waals surface area contributed by atoms with E-state index in [-0.39, 0.29) is 22.8 Å². The van der Waals surface area contributed by atoms with Gasteiger partial charge in [-0.25, -0.2) is 4.39 Å². The van der Waals surface area contributed by atoms with Gasteiger partial charge in [0, 0.05) is 11.3 Å². The molecule has 5 rings (SSSR count). The van der Waals surface area contributed by atoms with Gasteiger partial charge in [-0.15, -0.1) is 0 Å². The molecule has 1 aliphatic heterocycles. The molecule has 0 aliphatic carbocycles. The number of hydrogen-bond donors (Lipinski definition) is 2. The van der Waals surface area contributed by atoms with Crippen LogP contribution in [0.3, 0.4) is 0 Å². The first-order chi connectivity index (χ1) is 16.0. The predicted octanol–water partition coefficient (Wildman–Crippen LogP) is 5.31. The van der Waals surface area contributed by atoms with Gasteiger partial charge in [-0.2, -0.15) is 0 Å². The molecule has 1 fully saturated rings. The lowest BCUT2D eigenvalue weighted by Gasteiger charge is -2.25. The summed E-state index contributed by atoms with van der Waals surface area (Å²) in [6.45, 7) is 0. The van der Waals surface area contributed by atoms with Crippen molar-refractivity contribution in [2.75, 3.05) is 4.90 Å². The Labute approximate surface area is 188 Å². The number of hydrogen-bond acceptors (Lipinski definition) is 4. The number of rotatable bonds is 3. The van der Waals surface area contributed by atoms with Crippen molar-refractivity contribution in [1.82, 2.24) is 0 Å². The molecule has 162 valence electrons. The second-order valence-electron chi connectivity index (χ2n) is 7.77. The summed E-state index contributed by atoms with van der Waals surface area (Å²) in [5, 5.41) is 22.7. The molecule has 2 N–H and O–H groups in total. The van der Waals surface area contributed by atoms with E-state index in [2.05, 4.69) is 0 Å². The van der Waals surface area contributed by atoms with E-state index >= 15 is 0 Å². The number of anilines is 1.